The van der Waals surface area contributed by atoms with E-state index in [-0.39, 0.29) is 5.41 Å². The van der Waals surface area contributed by atoms with Crippen LogP contribution in [0.1, 0.15) is 34.6 Å². The first-order valence-corrected chi connectivity index (χ1v) is 6.77. The quantitative estimate of drug-likeness (QED) is 0.741. The highest BCUT2D eigenvalue weighted by atomic mass is 15.2. The maximum atomic E-state index is 5.99. The lowest BCUT2D eigenvalue weighted by atomic mass is 9.85. The van der Waals surface area contributed by atoms with Crippen molar-refractivity contribution < 1.29 is 0 Å². The molecule has 0 amide bonds. The van der Waals surface area contributed by atoms with Crippen molar-refractivity contribution in [2.75, 3.05) is 40.3 Å². The average Bonchev–Trinajstić information content (AvgIpc) is 2.11. The van der Waals surface area contributed by atoms with Gasteiger partial charge >= 0.3 is 0 Å². The van der Waals surface area contributed by atoms with Crippen molar-refractivity contribution in [1.29, 1.82) is 0 Å². The van der Waals surface area contributed by atoms with Gasteiger partial charge in [-0.2, -0.15) is 0 Å². The molecule has 0 heterocycles. The molecule has 1 atom stereocenters. The van der Waals surface area contributed by atoms with E-state index in [9.17, 15) is 0 Å². The van der Waals surface area contributed by atoms with E-state index in [1.54, 1.807) is 0 Å². The molecular formula is C14H33N3. The monoisotopic (exact) mass is 243 g/mol. The Morgan fingerprint density at radius 3 is 1.88 bits per heavy atom. The summed E-state index contributed by atoms with van der Waals surface area (Å²) in [6.07, 6.45) is 0. The lowest BCUT2D eigenvalue weighted by Crippen LogP contribution is -2.51. The Hall–Kier alpha value is -0.120. The molecule has 0 radical (unpaired) electrons. The predicted molar refractivity (Wildman–Crippen MR) is 77.3 cm³/mol. The van der Waals surface area contributed by atoms with Crippen LogP contribution < -0.4 is 5.73 Å². The van der Waals surface area contributed by atoms with Gasteiger partial charge in [-0.3, -0.25) is 4.90 Å². The van der Waals surface area contributed by atoms with Crippen LogP contribution in [0.25, 0.3) is 0 Å². The Labute approximate surface area is 108 Å². The van der Waals surface area contributed by atoms with Crippen molar-refractivity contribution in [3.05, 3.63) is 0 Å². The second kappa shape index (κ2) is 7.34. The number of nitrogens with zero attached hydrogens (tertiary/aromatic N) is 2. The Morgan fingerprint density at radius 2 is 1.59 bits per heavy atom. The van der Waals surface area contributed by atoms with Gasteiger partial charge in [0.1, 0.15) is 0 Å². The molecule has 0 fully saturated rings. The van der Waals surface area contributed by atoms with E-state index in [1.165, 1.54) is 0 Å². The van der Waals surface area contributed by atoms with E-state index >= 15 is 0 Å². The number of rotatable bonds is 7. The van der Waals surface area contributed by atoms with E-state index in [1.807, 2.05) is 0 Å². The zero-order valence-electron chi connectivity index (χ0n) is 13.0. The second-order valence-corrected chi connectivity index (χ2v) is 6.81. The van der Waals surface area contributed by atoms with Crippen molar-refractivity contribution in [1.82, 2.24) is 9.80 Å². The fourth-order valence-corrected chi connectivity index (χ4v) is 2.22. The molecule has 0 saturated carbocycles. The average molecular weight is 243 g/mol. The maximum absolute atomic E-state index is 5.99. The fourth-order valence-electron chi connectivity index (χ4n) is 2.22. The zero-order chi connectivity index (χ0) is 13.6. The highest BCUT2D eigenvalue weighted by molar-refractivity contribution is 4.84. The molecule has 0 aromatic rings. The van der Waals surface area contributed by atoms with Crippen LogP contribution in [0.15, 0.2) is 0 Å². The second-order valence-electron chi connectivity index (χ2n) is 6.81. The summed E-state index contributed by atoms with van der Waals surface area (Å²) in [5.41, 5.74) is 6.23. The zero-order valence-corrected chi connectivity index (χ0v) is 13.0. The Bertz CT molecular complexity index is 194. The third-order valence-electron chi connectivity index (χ3n) is 3.10. The highest BCUT2D eigenvalue weighted by Crippen LogP contribution is 2.24. The van der Waals surface area contributed by atoms with Crippen LogP contribution in [0.4, 0.5) is 0 Å². The van der Waals surface area contributed by atoms with Crippen LogP contribution in [-0.2, 0) is 0 Å². The van der Waals surface area contributed by atoms with E-state index < -0.39 is 0 Å². The summed E-state index contributed by atoms with van der Waals surface area (Å²) in [6.45, 7) is 15.5. The van der Waals surface area contributed by atoms with Gasteiger partial charge in [-0.15, -0.1) is 0 Å². The third-order valence-corrected chi connectivity index (χ3v) is 3.10. The van der Waals surface area contributed by atoms with Crippen LogP contribution in [0.3, 0.4) is 0 Å². The topological polar surface area (TPSA) is 32.5 Å². The summed E-state index contributed by atoms with van der Waals surface area (Å²) in [6, 6.07) is 0.463. The fraction of sp³-hybridized carbons (Fsp3) is 1.00. The lowest BCUT2D eigenvalue weighted by molar-refractivity contribution is 0.0859. The van der Waals surface area contributed by atoms with E-state index in [4.69, 9.17) is 5.73 Å². The van der Waals surface area contributed by atoms with Crippen LogP contribution in [0, 0.1) is 11.3 Å². The van der Waals surface area contributed by atoms with Crippen LogP contribution >= 0.6 is 0 Å². The molecule has 0 aliphatic carbocycles. The van der Waals surface area contributed by atoms with Gasteiger partial charge in [0, 0.05) is 32.2 Å². The molecular weight excluding hydrogens is 210 g/mol. The number of likely N-dealkylation sites (N-methyl/N-ethyl adjacent to an activating group) is 1. The Morgan fingerprint density at radius 1 is 1.06 bits per heavy atom. The number of hydrogen-bond acceptors (Lipinski definition) is 3. The van der Waals surface area contributed by atoms with Crippen LogP contribution in [0.2, 0.25) is 0 Å². The SMILES string of the molecule is CC(C)CN(CCN(C)C)C(CN)C(C)(C)C. The summed E-state index contributed by atoms with van der Waals surface area (Å²) in [4.78, 5) is 4.80. The molecule has 0 aromatic heterocycles. The predicted octanol–water partition coefficient (Wildman–Crippen LogP) is 1.88. The molecule has 0 rings (SSSR count). The first kappa shape index (κ1) is 16.9. The van der Waals surface area contributed by atoms with E-state index in [2.05, 4.69) is 58.5 Å². The van der Waals surface area contributed by atoms with Gasteiger partial charge in [0.25, 0.3) is 0 Å². The number of nitrogens with two attached hydrogens (primary N) is 1. The summed E-state index contributed by atoms with van der Waals surface area (Å²) in [7, 11) is 4.25. The molecule has 0 aromatic carbocycles. The minimum atomic E-state index is 0.246. The van der Waals surface area contributed by atoms with Gasteiger partial charge < -0.3 is 10.6 Å². The first-order chi connectivity index (χ1) is 7.68. The van der Waals surface area contributed by atoms with Crippen LogP contribution in [0.5, 0.6) is 0 Å². The van der Waals surface area contributed by atoms with Crippen molar-refractivity contribution in [3.8, 4) is 0 Å². The highest BCUT2D eigenvalue weighted by Gasteiger charge is 2.29. The van der Waals surface area contributed by atoms with Gasteiger partial charge in [0.2, 0.25) is 0 Å². The van der Waals surface area contributed by atoms with Crippen molar-refractivity contribution >= 4 is 0 Å². The minimum absolute atomic E-state index is 0.246. The molecule has 3 heteroatoms. The van der Waals surface area contributed by atoms with Gasteiger partial charge in [-0.05, 0) is 25.4 Å². The molecule has 104 valence electrons. The molecule has 0 aliphatic heterocycles. The maximum Gasteiger partial charge on any atom is 0.0267 e. The first-order valence-electron chi connectivity index (χ1n) is 6.77. The molecule has 1 unspecified atom stereocenters. The van der Waals surface area contributed by atoms with Gasteiger partial charge in [-0.25, -0.2) is 0 Å². The van der Waals surface area contributed by atoms with Crippen molar-refractivity contribution in [2.45, 2.75) is 40.7 Å². The molecule has 0 saturated heterocycles. The van der Waals surface area contributed by atoms with Crippen molar-refractivity contribution in [3.63, 3.8) is 0 Å². The largest absolute Gasteiger partial charge is 0.329 e. The number of hydrogen-bond donors (Lipinski definition) is 1. The van der Waals surface area contributed by atoms with Gasteiger partial charge in [0.05, 0.1) is 0 Å². The molecule has 17 heavy (non-hydrogen) atoms. The molecule has 0 spiro atoms. The smallest absolute Gasteiger partial charge is 0.0267 e. The van der Waals surface area contributed by atoms with Crippen molar-refractivity contribution in [2.24, 2.45) is 17.1 Å². The molecule has 0 bridgehead atoms. The van der Waals surface area contributed by atoms with Gasteiger partial charge in [0.15, 0.2) is 0 Å². The van der Waals surface area contributed by atoms with E-state index in [0.29, 0.717) is 12.0 Å². The summed E-state index contributed by atoms with van der Waals surface area (Å²) >= 11 is 0. The Kier molecular flexibility index (Phi) is 7.29. The summed E-state index contributed by atoms with van der Waals surface area (Å²) in [5, 5.41) is 0. The molecule has 0 aliphatic rings. The van der Waals surface area contributed by atoms with Gasteiger partial charge in [-0.1, -0.05) is 34.6 Å². The summed E-state index contributed by atoms with van der Waals surface area (Å²) < 4.78 is 0. The Balaban J connectivity index is 4.62. The lowest BCUT2D eigenvalue weighted by Gasteiger charge is -2.41. The third kappa shape index (κ3) is 7.02. The molecule has 2 N–H and O–H groups in total. The van der Waals surface area contributed by atoms with E-state index in [0.717, 1.165) is 26.2 Å². The molecule has 3 nitrogen and oxygen atoms in total. The van der Waals surface area contributed by atoms with Crippen LogP contribution in [-0.4, -0.2) is 56.1 Å². The normalized spacial score (nSPS) is 15.0. The standard InChI is InChI=1S/C14H33N3/c1-12(2)11-17(9-8-16(6)7)13(10-15)14(3,4)5/h12-13H,8-11,15H2,1-7H3. The summed E-state index contributed by atoms with van der Waals surface area (Å²) in [5.74, 6) is 0.688. The minimum Gasteiger partial charge on any atom is -0.329 e.